The Morgan fingerprint density at radius 3 is 2.67 bits per heavy atom. The van der Waals surface area contributed by atoms with Gasteiger partial charge >= 0.3 is 0 Å². The van der Waals surface area contributed by atoms with E-state index >= 15 is 0 Å². The van der Waals surface area contributed by atoms with Gasteiger partial charge < -0.3 is 19.7 Å². The van der Waals surface area contributed by atoms with Crippen LogP contribution in [0.3, 0.4) is 0 Å². The number of nitrogens with zero attached hydrogens (tertiary/aromatic N) is 1. The lowest BCUT2D eigenvalue weighted by molar-refractivity contribution is -0.207. The van der Waals surface area contributed by atoms with Crippen LogP contribution in [0.4, 0.5) is 4.39 Å². The number of para-hydroxylation sites is 1. The van der Waals surface area contributed by atoms with Crippen molar-refractivity contribution in [3.8, 4) is 0 Å². The van der Waals surface area contributed by atoms with Crippen molar-refractivity contribution in [3.63, 3.8) is 0 Å². The fourth-order valence-electron chi connectivity index (χ4n) is 9.75. The molecule has 1 aromatic heterocycles. The van der Waals surface area contributed by atoms with E-state index in [4.69, 9.17) is 4.42 Å². The van der Waals surface area contributed by atoms with Crippen LogP contribution >= 0.6 is 0 Å². The van der Waals surface area contributed by atoms with Crippen LogP contribution in [0.5, 0.6) is 0 Å². The molecule has 0 radical (unpaired) electrons. The second-order valence-corrected chi connectivity index (χ2v) is 13.2. The Bertz CT molecular complexity index is 1120. The van der Waals surface area contributed by atoms with Crippen LogP contribution in [0.15, 0.2) is 22.6 Å². The van der Waals surface area contributed by atoms with Crippen LogP contribution in [-0.4, -0.2) is 38.6 Å². The van der Waals surface area contributed by atoms with Crippen LogP contribution < -0.4 is 0 Å². The van der Waals surface area contributed by atoms with Crippen molar-refractivity contribution < 1.29 is 24.1 Å². The van der Waals surface area contributed by atoms with Gasteiger partial charge in [0.15, 0.2) is 17.3 Å². The van der Waals surface area contributed by atoms with Gasteiger partial charge in [0.2, 0.25) is 0 Å². The van der Waals surface area contributed by atoms with E-state index in [9.17, 15) is 19.7 Å². The molecule has 0 amide bonds. The minimum Gasteiger partial charge on any atom is -0.441 e. The molecule has 36 heavy (non-hydrogen) atoms. The molecule has 0 aliphatic heterocycles. The number of aliphatic hydroxyl groups is 3. The first kappa shape index (κ1) is 24.8. The van der Waals surface area contributed by atoms with Crippen LogP contribution in [0.1, 0.15) is 78.0 Å². The molecule has 0 spiro atoms. The van der Waals surface area contributed by atoms with E-state index in [0.29, 0.717) is 53.0 Å². The lowest BCUT2D eigenvalue weighted by Crippen LogP contribution is -2.62. The summed E-state index contributed by atoms with van der Waals surface area (Å²) in [6, 6.07) is 4.81. The summed E-state index contributed by atoms with van der Waals surface area (Å²) in [5.74, 6) is 2.15. The summed E-state index contributed by atoms with van der Waals surface area (Å²) in [6.45, 7) is 6.94. The quantitative estimate of drug-likeness (QED) is 0.517. The molecule has 1 heterocycles. The van der Waals surface area contributed by atoms with Gasteiger partial charge in [0.1, 0.15) is 5.52 Å². The SMILES string of the molecule is CC(CCc1nc2c(F)cccc2o1)[C@H]1CC[C@H]2[C@@H]3[C@H](O)C[C@@H]4C[C@H](O)CC[C@]4(C)[C@H]3C[C@H](O)[C@]12C. The summed E-state index contributed by atoms with van der Waals surface area (Å²) in [6.07, 6.45) is 6.82. The Labute approximate surface area is 213 Å². The van der Waals surface area contributed by atoms with E-state index < -0.39 is 0 Å². The summed E-state index contributed by atoms with van der Waals surface area (Å²) >= 11 is 0. The number of benzene rings is 1. The second-order valence-electron chi connectivity index (χ2n) is 13.2. The van der Waals surface area contributed by atoms with E-state index in [0.717, 1.165) is 51.4 Å². The summed E-state index contributed by atoms with van der Waals surface area (Å²) < 4.78 is 19.9. The molecule has 4 fully saturated rings. The molecule has 4 aliphatic carbocycles. The first-order chi connectivity index (χ1) is 17.1. The third-order valence-electron chi connectivity index (χ3n) is 11.7. The Balaban J connectivity index is 1.21. The van der Waals surface area contributed by atoms with Crippen molar-refractivity contribution in [2.24, 2.45) is 46.3 Å². The number of hydrogen-bond acceptors (Lipinski definition) is 5. The molecular formula is C30H42FNO4. The first-order valence-electron chi connectivity index (χ1n) is 14.2. The first-order valence-corrected chi connectivity index (χ1v) is 14.2. The molecule has 11 atom stereocenters. The van der Waals surface area contributed by atoms with Crippen molar-refractivity contribution in [2.75, 3.05) is 0 Å². The molecule has 0 saturated heterocycles. The van der Waals surface area contributed by atoms with Gasteiger partial charge in [-0.15, -0.1) is 0 Å². The summed E-state index contributed by atoms with van der Waals surface area (Å²) in [5.41, 5.74) is 0.673. The number of oxazole rings is 1. The van der Waals surface area contributed by atoms with Crippen LogP contribution in [-0.2, 0) is 6.42 Å². The number of fused-ring (bicyclic) bond motifs is 6. The number of aromatic nitrogens is 1. The zero-order valence-electron chi connectivity index (χ0n) is 21.9. The third-order valence-corrected chi connectivity index (χ3v) is 11.7. The highest BCUT2D eigenvalue weighted by Gasteiger charge is 2.65. The van der Waals surface area contributed by atoms with Crippen molar-refractivity contribution >= 4 is 11.1 Å². The predicted octanol–water partition coefficient (Wildman–Crippen LogP) is 5.50. The monoisotopic (exact) mass is 499 g/mol. The number of hydrogen-bond donors (Lipinski definition) is 3. The van der Waals surface area contributed by atoms with Gasteiger partial charge in [-0.2, -0.15) is 0 Å². The van der Waals surface area contributed by atoms with Gasteiger partial charge in [-0.05, 0) is 110 Å². The molecule has 198 valence electrons. The molecule has 3 N–H and O–H groups in total. The van der Waals surface area contributed by atoms with Crippen molar-refractivity contribution in [2.45, 2.75) is 96.9 Å². The molecule has 0 bridgehead atoms. The number of aliphatic hydroxyl groups excluding tert-OH is 3. The Hall–Kier alpha value is -1.50. The van der Waals surface area contributed by atoms with Crippen LogP contribution in [0, 0.1) is 52.2 Å². The van der Waals surface area contributed by atoms with Gasteiger partial charge in [-0.1, -0.05) is 26.8 Å². The number of rotatable bonds is 4. The number of aryl methyl sites for hydroxylation is 1. The zero-order chi connectivity index (χ0) is 25.4. The fourth-order valence-corrected chi connectivity index (χ4v) is 9.75. The Kier molecular flexibility index (Phi) is 6.05. The van der Waals surface area contributed by atoms with Gasteiger partial charge in [-0.3, -0.25) is 0 Å². The minimum absolute atomic E-state index is 0.0946. The predicted molar refractivity (Wildman–Crippen MR) is 135 cm³/mol. The smallest absolute Gasteiger partial charge is 0.195 e. The molecule has 4 saturated carbocycles. The van der Waals surface area contributed by atoms with E-state index in [1.54, 1.807) is 12.1 Å². The maximum atomic E-state index is 14.1. The Morgan fingerprint density at radius 2 is 1.89 bits per heavy atom. The molecule has 5 nitrogen and oxygen atoms in total. The van der Waals surface area contributed by atoms with Gasteiger partial charge in [-0.25, -0.2) is 9.37 Å². The molecule has 1 aromatic carbocycles. The molecule has 4 aliphatic rings. The Morgan fingerprint density at radius 1 is 1.08 bits per heavy atom. The summed E-state index contributed by atoms with van der Waals surface area (Å²) in [4.78, 5) is 4.40. The standard InChI is InChI=1S/C30H42FNO4/c1-16(7-10-26-32-28-22(31)5-4-6-24(28)36-26)19-8-9-20-27-21(15-25(35)30(19,20)3)29(2)12-11-18(33)13-17(29)14-23(27)34/h4-6,16-21,23,25,27,33-35H,7-15H2,1-3H3/t16?,17-,18+,19+,20-,21-,23+,25-,27-,29-,30+/m0/s1. The van der Waals surface area contributed by atoms with E-state index in [2.05, 4.69) is 25.8 Å². The fraction of sp³-hybridized carbons (Fsp3) is 0.767. The molecule has 6 rings (SSSR count). The average Bonchev–Trinajstić information content (AvgIpc) is 3.42. The van der Waals surface area contributed by atoms with Crippen LogP contribution in [0.25, 0.3) is 11.1 Å². The van der Waals surface area contributed by atoms with Crippen molar-refractivity contribution in [1.82, 2.24) is 4.98 Å². The maximum absolute atomic E-state index is 14.1. The van der Waals surface area contributed by atoms with Gasteiger partial charge in [0.05, 0.1) is 18.3 Å². The van der Waals surface area contributed by atoms with E-state index in [1.165, 1.54) is 6.07 Å². The molecule has 1 unspecified atom stereocenters. The zero-order valence-corrected chi connectivity index (χ0v) is 21.9. The number of halogens is 1. The van der Waals surface area contributed by atoms with Crippen LogP contribution in [0.2, 0.25) is 0 Å². The average molecular weight is 500 g/mol. The highest BCUT2D eigenvalue weighted by Crippen LogP contribution is 2.68. The van der Waals surface area contributed by atoms with E-state index in [1.807, 2.05) is 0 Å². The van der Waals surface area contributed by atoms with E-state index in [-0.39, 0.29) is 40.9 Å². The normalized spacial score (nSPS) is 45.2. The summed E-state index contributed by atoms with van der Waals surface area (Å²) in [5, 5.41) is 33.5. The topological polar surface area (TPSA) is 86.7 Å². The second kappa shape index (κ2) is 8.78. The van der Waals surface area contributed by atoms with Gasteiger partial charge in [0, 0.05) is 6.42 Å². The highest BCUT2D eigenvalue weighted by atomic mass is 19.1. The molecular weight excluding hydrogens is 457 g/mol. The lowest BCUT2D eigenvalue weighted by atomic mass is 9.43. The minimum atomic E-state index is -0.383. The largest absolute Gasteiger partial charge is 0.441 e. The van der Waals surface area contributed by atoms with Gasteiger partial charge in [0.25, 0.3) is 0 Å². The van der Waals surface area contributed by atoms with Crippen molar-refractivity contribution in [3.05, 3.63) is 29.9 Å². The summed E-state index contributed by atoms with van der Waals surface area (Å²) in [7, 11) is 0. The molecule has 6 heteroatoms. The maximum Gasteiger partial charge on any atom is 0.195 e. The third kappa shape index (κ3) is 3.61. The highest BCUT2D eigenvalue weighted by molar-refractivity contribution is 5.73. The molecule has 2 aromatic rings. The lowest BCUT2D eigenvalue weighted by Gasteiger charge is -2.63. The van der Waals surface area contributed by atoms with Crippen molar-refractivity contribution in [1.29, 1.82) is 0 Å².